The van der Waals surface area contributed by atoms with Gasteiger partial charge in [-0.1, -0.05) is 43.2 Å². The third kappa shape index (κ3) is 3.47. The molecule has 0 spiro atoms. The average molecular weight is 356 g/mol. The second kappa shape index (κ2) is 7.40. The monoisotopic (exact) mass is 355 g/mol. The van der Waals surface area contributed by atoms with Crippen LogP contribution in [0, 0.1) is 0 Å². The highest BCUT2D eigenvalue weighted by Gasteiger charge is 2.18. The summed E-state index contributed by atoms with van der Waals surface area (Å²) in [6.45, 7) is 2.70. The van der Waals surface area contributed by atoms with E-state index >= 15 is 0 Å². The van der Waals surface area contributed by atoms with Gasteiger partial charge in [0.05, 0.1) is 23.5 Å². The maximum absolute atomic E-state index is 6.59. The molecule has 5 nitrogen and oxygen atoms in total. The minimum absolute atomic E-state index is 0.138. The first-order valence-corrected chi connectivity index (χ1v) is 9.37. The van der Waals surface area contributed by atoms with Gasteiger partial charge in [0.15, 0.2) is 5.65 Å². The molecule has 0 bridgehead atoms. The van der Waals surface area contributed by atoms with Crippen LogP contribution in [0.2, 0.25) is 0 Å². The van der Waals surface area contributed by atoms with Crippen LogP contribution in [-0.2, 0) is 6.54 Å². The Hall–Kier alpha value is -2.14. The van der Waals surface area contributed by atoms with E-state index in [0.717, 1.165) is 35.5 Å². The van der Waals surface area contributed by atoms with Gasteiger partial charge in [-0.05, 0) is 18.4 Å². The Morgan fingerprint density at radius 3 is 2.52 bits per heavy atom. The van der Waals surface area contributed by atoms with Crippen LogP contribution in [0.15, 0.2) is 42.9 Å². The van der Waals surface area contributed by atoms with Gasteiger partial charge >= 0.3 is 0 Å². The maximum Gasteiger partial charge on any atom is 0.163 e. The van der Waals surface area contributed by atoms with E-state index in [1.807, 2.05) is 41.2 Å². The lowest BCUT2D eigenvalue weighted by Gasteiger charge is -2.21. The number of hydrogen-bond acceptors (Lipinski definition) is 4. The molecule has 25 heavy (non-hydrogen) atoms. The van der Waals surface area contributed by atoms with Crippen LogP contribution in [0.3, 0.4) is 0 Å². The van der Waals surface area contributed by atoms with E-state index in [1.165, 1.54) is 25.7 Å². The van der Waals surface area contributed by atoms with Crippen LogP contribution in [-0.4, -0.2) is 32.8 Å². The molecule has 3 heterocycles. The number of halogens is 1. The van der Waals surface area contributed by atoms with Crippen LogP contribution in [0.4, 0.5) is 5.82 Å². The van der Waals surface area contributed by atoms with Gasteiger partial charge in [-0.25, -0.2) is 14.6 Å². The first-order chi connectivity index (χ1) is 12.3. The largest absolute Gasteiger partial charge is 0.356 e. The van der Waals surface area contributed by atoms with Crippen molar-refractivity contribution in [2.75, 3.05) is 18.0 Å². The Morgan fingerprint density at radius 1 is 1.00 bits per heavy atom. The lowest BCUT2D eigenvalue weighted by atomic mass is 10.1. The van der Waals surface area contributed by atoms with Crippen molar-refractivity contribution >= 4 is 28.5 Å². The minimum Gasteiger partial charge on any atom is -0.356 e. The number of hydrogen-bond donors (Lipinski definition) is 0. The molecule has 1 fully saturated rings. The van der Waals surface area contributed by atoms with Crippen LogP contribution < -0.4 is 4.90 Å². The number of fused-ring (bicyclic) bond motifs is 1. The third-order valence-corrected chi connectivity index (χ3v) is 5.20. The molecule has 0 radical (unpaired) electrons. The van der Waals surface area contributed by atoms with Crippen molar-refractivity contribution < 1.29 is 0 Å². The van der Waals surface area contributed by atoms with Gasteiger partial charge in [0, 0.05) is 13.1 Å². The Balaban J connectivity index is 1.62. The molecular weight excluding hydrogens is 334 g/mol. The molecular formula is C19H22ClN5. The van der Waals surface area contributed by atoms with Gasteiger partial charge in [-0.3, -0.25) is 0 Å². The molecule has 1 unspecified atom stereocenters. The fourth-order valence-electron chi connectivity index (χ4n) is 3.47. The maximum atomic E-state index is 6.59. The smallest absolute Gasteiger partial charge is 0.163 e. The van der Waals surface area contributed by atoms with E-state index in [9.17, 15) is 0 Å². The minimum atomic E-state index is -0.138. The van der Waals surface area contributed by atoms with Crippen molar-refractivity contribution in [3.8, 4) is 0 Å². The summed E-state index contributed by atoms with van der Waals surface area (Å²) in [5, 5.41) is 5.42. The predicted octanol–water partition coefficient (Wildman–Crippen LogP) is 4.19. The van der Waals surface area contributed by atoms with E-state index < -0.39 is 0 Å². The summed E-state index contributed by atoms with van der Waals surface area (Å²) in [7, 11) is 0. The molecule has 2 aromatic heterocycles. The summed E-state index contributed by atoms with van der Waals surface area (Å²) in [5.74, 6) is 1.00. The topological polar surface area (TPSA) is 46.8 Å². The van der Waals surface area contributed by atoms with Crippen molar-refractivity contribution in [2.45, 2.75) is 37.6 Å². The van der Waals surface area contributed by atoms with Gasteiger partial charge in [0.2, 0.25) is 0 Å². The number of anilines is 1. The molecule has 1 aliphatic heterocycles. The fraction of sp³-hybridized carbons (Fsp3) is 0.421. The molecule has 6 heteroatoms. The molecule has 0 amide bonds. The Labute approximate surface area is 152 Å². The van der Waals surface area contributed by atoms with Crippen LogP contribution in [0.1, 0.15) is 36.6 Å². The number of nitrogens with zero attached hydrogens (tertiary/aromatic N) is 5. The SMILES string of the molecule is ClC(Cn1ncc2c(N3CCCCCC3)ncnc21)c1ccccc1. The van der Waals surface area contributed by atoms with Crippen molar-refractivity contribution in [1.29, 1.82) is 0 Å². The molecule has 1 aromatic carbocycles. The molecule has 4 rings (SSSR count). The summed E-state index contributed by atoms with van der Waals surface area (Å²) in [6, 6.07) is 10.1. The van der Waals surface area contributed by atoms with E-state index in [2.05, 4.69) is 20.0 Å². The Morgan fingerprint density at radius 2 is 1.76 bits per heavy atom. The normalized spacial score (nSPS) is 16.8. The molecule has 0 saturated carbocycles. The predicted molar refractivity (Wildman–Crippen MR) is 101 cm³/mol. The second-order valence-electron chi connectivity index (χ2n) is 6.54. The highest BCUT2D eigenvalue weighted by molar-refractivity contribution is 6.20. The first kappa shape index (κ1) is 16.3. The summed E-state index contributed by atoms with van der Waals surface area (Å²) in [4.78, 5) is 11.4. The highest BCUT2D eigenvalue weighted by Crippen LogP contribution is 2.27. The molecule has 3 aromatic rings. The number of aromatic nitrogens is 4. The number of alkyl halides is 1. The molecule has 1 atom stereocenters. The zero-order chi connectivity index (χ0) is 17.1. The summed E-state index contributed by atoms with van der Waals surface area (Å²) in [6.07, 6.45) is 8.56. The lowest BCUT2D eigenvalue weighted by Crippen LogP contribution is -2.25. The van der Waals surface area contributed by atoms with Gasteiger partial charge < -0.3 is 4.90 Å². The van der Waals surface area contributed by atoms with Crippen molar-refractivity contribution in [2.24, 2.45) is 0 Å². The third-order valence-electron chi connectivity index (χ3n) is 4.81. The lowest BCUT2D eigenvalue weighted by molar-refractivity contribution is 0.615. The van der Waals surface area contributed by atoms with Crippen molar-refractivity contribution in [3.05, 3.63) is 48.4 Å². The molecule has 0 N–H and O–H groups in total. The fourth-order valence-corrected chi connectivity index (χ4v) is 3.74. The Bertz CT molecular complexity index is 824. The number of rotatable bonds is 4. The van der Waals surface area contributed by atoms with Crippen molar-refractivity contribution in [1.82, 2.24) is 19.7 Å². The van der Waals surface area contributed by atoms with E-state index in [-0.39, 0.29) is 5.38 Å². The Kier molecular flexibility index (Phi) is 4.83. The molecule has 130 valence electrons. The molecule has 1 aliphatic rings. The standard InChI is InChI=1S/C19H22ClN5/c20-17(15-8-4-3-5-9-15)13-25-19-16(12-23-25)18(21-14-22-19)24-10-6-1-2-7-11-24/h3-5,8-9,12,14,17H,1-2,6-7,10-11,13H2. The zero-order valence-corrected chi connectivity index (χ0v) is 14.9. The van der Waals surface area contributed by atoms with E-state index in [0.29, 0.717) is 6.54 Å². The van der Waals surface area contributed by atoms with Gasteiger partial charge in [0.1, 0.15) is 12.1 Å². The quantitative estimate of drug-likeness (QED) is 0.658. The van der Waals surface area contributed by atoms with Crippen molar-refractivity contribution in [3.63, 3.8) is 0 Å². The van der Waals surface area contributed by atoms with E-state index in [4.69, 9.17) is 11.6 Å². The van der Waals surface area contributed by atoms with Gasteiger partial charge in [0.25, 0.3) is 0 Å². The van der Waals surface area contributed by atoms with Gasteiger partial charge in [-0.2, -0.15) is 5.10 Å². The van der Waals surface area contributed by atoms with Crippen LogP contribution >= 0.6 is 11.6 Å². The first-order valence-electron chi connectivity index (χ1n) is 8.93. The van der Waals surface area contributed by atoms with Crippen LogP contribution in [0.25, 0.3) is 11.0 Å². The summed E-state index contributed by atoms with van der Waals surface area (Å²) < 4.78 is 1.89. The molecule has 0 aliphatic carbocycles. The van der Waals surface area contributed by atoms with E-state index in [1.54, 1.807) is 6.33 Å². The van der Waals surface area contributed by atoms with Crippen LogP contribution in [0.5, 0.6) is 0 Å². The highest BCUT2D eigenvalue weighted by atomic mass is 35.5. The molecule has 1 saturated heterocycles. The summed E-state index contributed by atoms with van der Waals surface area (Å²) >= 11 is 6.59. The zero-order valence-electron chi connectivity index (χ0n) is 14.2. The summed E-state index contributed by atoms with van der Waals surface area (Å²) in [5.41, 5.74) is 1.95. The second-order valence-corrected chi connectivity index (χ2v) is 7.07. The van der Waals surface area contributed by atoms with Gasteiger partial charge in [-0.15, -0.1) is 11.6 Å². The number of benzene rings is 1. The average Bonchev–Trinajstić information content (AvgIpc) is 2.88.